The lowest BCUT2D eigenvalue weighted by molar-refractivity contribution is 0.475. The molecule has 1 heterocycles. The van der Waals surface area contributed by atoms with Crippen LogP contribution in [0, 0.1) is 6.92 Å². The van der Waals surface area contributed by atoms with Gasteiger partial charge in [-0.25, -0.2) is 0 Å². The molecule has 1 unspecified atom stereocenters. The van der Waals surface area contributed by atoms with Crippen LogP contribution in [0.5, 0.6) is 11.5 Å². The summed E-state index contributed by atoms with van der Waals surface area (Å²) in [4.78, 5) is 0. The molecule has 0 spiro atoms. The van der Waals surface area contributed by atoms with Gasteiger partial charge in [0, 0.05) is 20.1 Å². The molecule has 0 saturated heterocycles. The van der Waals surface area contributed by atoms with Gasteiger partial charge in [0.2, 0.25) is 0 Å². The zero-order valence-corrected chi connectivity index (χ0v) is 23.1. The number of aryl methyl sites for hydroxylation is 1. The number of hydrogen-bond acceptors (Lipinski definition) is 2. The molecule has 0 saturated carbocycles. The standard InChI is InChI=1S/C23H17Br2O2P.3ClH/c1-14-2-12-19(13-3-14)26-22-20(15-4-8-17(24)9-5-15)27-21(23(22)28)16-6-10-18(25)11-7-16;;;/h2-13H,28H2,1H3;3*1H. The Morgan fingerprint density at radius 2 is 1.13 bits per heavy atom. The molecular formula is C23H20Br2Cl3O2P. The Morgan fingerprint density at radius 1 is 0.677 bits per heavy atom. The summed E-state index contributed by atoms with van der Waals surface area (Å²) in [5.41, 5.74) is 3.14. The summed E-state index contributed by atoms with van der Waals surface area (Å²) in [6, 6.07) is 24.1. The molecule has 4 aromatic rings. The van der Waals surface area contributed by atoms with Crippen molar-refractivity contribution in [3.8, 4) is 34.1 Å². The number of rotatable bonds is 4. The van der Waals surface area contributed by atoms with Gasteiger partial charge in [-0.3, -0.25) is 0 Å². The fraction of sp³-hybridized carbons (Fsp3) is 0.0435. The number of furan rings is 1. The molecule has 164 valence electrons. The van der Waals surface area contributed by atoms with E-state index in [0.717, 1.165) is 36.9 Å². The van der Waals surface area contributed by atoms with Crippen LogP contribution in [0.2, 0.25) is 0 Å². The van der Waals surface area contributed by atoms with Gasteiger partial charge in [-0.15, -0.1) is 37.2 Å². The maximum absolute atomic E-state index is 6.32. The van der Waals surface area contributed by atoms with E-state index in [0.29, 0.717) is 11.5 Å². The Bertz CT molecular complexity index is 1110. The van der Waals surface area contributed by atoms with Crippen LogP contribution in [0.1, 0.15) is 5.56 Å². The average molecular weight is 626 g/mol. The molecule has 3 aromatic carbocycles. The highest BCUT2D eigenvalue weighted by molar-refractivity contribution is 9.10. The van der Waals surface area contributed by atoms with Crippen LogP contribution in [0.25, 0.3) is 22.6 Å². The van der Waals surface area contributed by atoms with Crippen molar-refractivity contribution in [1.29, 1.82) is 0 Å². The third kappa shape index (κ3) is 6.51. The summed E-state index contributed by atoms with van der Waals surface area (Å²) in [6.45, 7) is 2.06. The largest absolute Gasteiger partial charge is 0.453 e. The molecule has 0 bridgehead atoms. The average Bonchev–Trinajstić information content (AvgIpc) is 3.01. The predicted molar refractivity (Wildman–Crippen MR) is 147 cm³/mol. The molecule has 31 heavy (non-hydrogen) atoms. The van der Waals surface area contributed by atoms with Crippen molar-refractivity contribution < 1.29 is 9.15 Å². The maximum atomic E-state index is 6.32. The van der Waals surface area contributed by atoms with Gasteiger partial charge in [-0.2, -0.15) is 0 Å². The quantitative estimate of drug-likeness (QED) is 0.211. The summed E-state index contributed by atoms with van der Waals surface area (Å²) in [7, 11) is 2.78. The van der Waals surface area contributed by atoms with E-state index in [-0.39, 0.29) is 37.2 Å². The summed E-state index contributed by atoms with van der Waals surface area (Å²) in [5, 5.41) is 0.890. The van der Waals surface area contributed by atoms with E-state index in [2.05, 4.69) is 48.0 Å². The molecule has 8 heteroatoms. The van der Waals surface area contributed by atoms with E-state index in [9.17, 15) is 0 Å². The molecule has 0 aliphatic heterocycles. The molecule has 0 N–H and O–H groups in total. The monoisotopic (exact) mass is 622 g/mol. The van der Waals surface area contributed by atoms with E-state index in [1.165, 1.54) is 5.56 Å². The number of halogens is 5. The van der Waals surface area contributed by atoms with Crippen molar-refractivity contribution in [3.63, 3.8) is 0 Å². The van der Waals surface area contributed by atoms with Gasteiger partial charge in [0.15, 0.2) is 11.5 Å². The summed E-state index contributed by atoms with van der Waals surface area (Å²) < 4.78 is 14.6. The van der Waals surface area contributed by atoms with Crippen molar-refractivity contribution in [3.05, 3.63) is 87.3 Å². The molecule has 0 fully saturated rings. The molecular weight excluding hydrogens is 605 g/mol. The number of benzene rings is 3. The Hall–Kier alpha value is -1.000. The smallest absolute Gasteiger partial charge is 0.181 e. The van der Waals surface area contributed by atoms with Crippen molar-refractivity contribution in [2.24, 2.45) is 0 Å². The van der Waals surface area contributed by atoms with Crippen molar-refractivity contribution >= 4 is 83.6 Å². The Labute approximate surface area is 219 Å². The molecule has 4 rings (SSSR count). The maximum Gasteiger partial charge on any atom is 0.181 e. The molecule has 0 aliphatic carbocycles. The van der Waals surface area contributed by atoms with E-state index < -0.39 is 0 Å². The third-order valence-electron chi connectivity index (χ3n) is 4.35. The molecule has 0 amide bonds. The van der Waals surface area contributed by atoms with Gasteiger partial charge in [-0.1, -0.05) is 70.9 Å². The summed E-state index contributed by atoms with van der Waals surface area (Å²) in [6.07, 6.45) is 0. The summed E-state index contributed by atoms with van der Waals surface area (Å²) >= 11 is 6.97. The molecule has 1 atom stereocenters. The van der Waals surface area contributed by atoms with Crippen LogP contribution in [0.3, 0.4) is 0 Å². The first kappa shape index (κ1) is 28.0. The van der Waals surface area contributed by atoms with E-state index >= 15 is 0 Å². The molecule has 0 aliphatic rings. The lowest BCUT2D eigenvalue weighted by atomic mass is 10.1. The number of hydrogen-bond donors (Lipinski definition) is 0. The Kier molecular flexibility index (Phi) is 11.1. The van der Waals surface area contributed by atoms with Gasteiger partial charge < -0.3 is 9.15 Å². The topological polar surface area (TPSA) is 22.4 Å². The normalized spacial score (nSPS) is 9.81. The Morgan fingerprint density at radius 3 is 1.61 bits per heavy atom. The highest BCUT2D eigenvalue weighted by Gasteiger charge is 2.22. The van der Waals surface area contributed by atoms with Gasteiger partial charge >= 0.3 is 0 Å². The minimum absolute atomic E-state index is 0. The summed E-state index contributed by atoms with van der Waals surface area (Å²) in [5.74, 6) is 2.96. The van der Waals surface area contributed by atoms with Crippen LogP contribution in [0.15, 0.2) is 86.2 Å². The minimum Gasteiger partial charge on any atom is -0.453 e. The lowest BCUT2D eigenvalue weighted by Crippen LogP contribution is -1.97. The van der Waals surface area contributed by atoms with Crippen LogP contribution >= 0.6 is 78.3 Å². The fourth-order valence-corrected chi connectivity index (χ4v) is 3.81. The van der Waals surface area contributed by atoms with Gasteiger partial charge in [0.05, 0.1) is 5.30 Å². The van der Waals surface area contributed by atoms with E-state index in [4.69, 9.17) is 9.15 Å². The fourth-order valence-electron chi connectivity index (χ4n) is 2.86. The first-order valence-corrected chi connectivity index (χ1v) is 10.9. The van der Waals surface area contributed by atoms with Gasteiger partial charge in [-0.05, 0) is 55.5 Å². The minimum atomic E-state index is 0. The first-order valence-electron chi connectivity index (χ1n) is 8.70. The molecule has 0 radical (unpaired) electrons. The molecule has 2 nitrogen and oxygen atoms in total. The van der Waals surface area contributed by atoms with Crippen LogP contribution in [-0.4, -0.2) is 0 Å². The number of ether oxygens (including phenoxy) is 1. The zero-order chi connectivity index (χ0) is 19.7. The van der Waals surface area contributed by atoms with E-state index in [1.807, 2.05) is 72.8 Å². The second-order valence-electron chi connectivity index (χ2n) is 6.43. The second kappa shape index (κ2) is 12.3. The van der Waals surface area contributed by atoms with E-state index in [1.54, 1.807) is 0 Å². The highest BCUT2D eigenvalue weighted by atomic mass is 79.9. The van der Waals surface area contributed by atoms with Crippen molar-refractivity contribution in [1.82, 2.24) is 0 Å². The van der Waals surface area contributed by atoms with Crippen LogP contribution < -0.4 is 10.0 Å². The van der Waals surface area contributed by atoms with Gasteiger partial charge in [0.1, 0.15) is 11.5 Å². The predicted octanol–water partition coefficient (Wildman–Crippen LogP) is 9.01. The Balaban J connectivity index is 0.00000160. The van der Waals surface area contributed by atoms with Crippen LogP contribution in [0.4, 0.5) is 0 Å². The van der Waals surface area contributed by atoms with Crippen LogP contribution in [-0.2, 0) is 0 Å². The lowest BCUT2D eigenvalue weighted by Gasteiger charge is -2.07. The highest BCUT2D eigenvalue weighted by Crippen LogP contribution is 2.40. The van der Waals surface area contributed by atoms with Gasteiger partial charge in [0.25, 0.3) is 0 Å². The van der Waals surface area contributed by atoms with Crippen molar-refractivity contribution in [2.75, 3.05) is 0 Å². The zero-order valence-electron chi connectivity index (χ0n) is 16.3. The third-order valence-corrected chi connectivity index (χ3v) is 5.94. The second-order valence-corrected chi connectivity index (χ2v) is 8.84. The first-order chi connectivity index (χ1) is 13.5. The molecule has 1 aromatic heterocycles. The SMILES string of the molecule is Cc1ccc(Oc2c(-c3ccc(Br)cc3)oc(-c3ccc(Br)cc3)c2P)cc1.Cl.Cl.Cl. The van der Waals surface area contributed by atoms with Crippen molar-refractivity contribution in [2.45, 2.75) is 6.92 Å².